The molecule has 8 heteroatoms. The third kappa shape index (κ3) is 5.06. The maximum atomic E-state index is 13.3. The predicted molar refractivity (Wildman–Crippen MR) is 137 cm³/mol. The maximum absolute atomic E-state index is 13.3. The molecule has 1 aliphatic heterocycles. The van der Waals surface area contributed by atoms with Gasteiger partial charge < -0.3 is 9.32 Å². The molecule has 0 unspecified atom stereocenters. The summed E-state index contributed by atoms with van der Waals surface area (Å²) in [5.41, 5.74) is 2.03. The summed E-state index contributed by atoms with van der Waals surface area (Å²) in [7, 11) is 0. The topological polar surface area (TPSA) is 65.8 Å². The third-order valence-electron chi connectivity index (χ3n) is 6.11. The van der Waals surface area contributed by atoms with Gasteiger partial charge in [-0.15, -0.1) is 0 Å². The molecule has 2 heterocycles. The highest BCUT2D eigenvalue weighted by molar-refractivity contribution is 6.30. The molecule has 1 amide bonds. The van der Waals surface area contributed by atoms with Crippen LogP contribution in [0.5, 0.6) is 0 Å². The Balaban J connectivity index is 1.33. The molecule has 6 nitrogen and oxygen atoms in total. The number of hydrogen-bond acceptors (Lipinski definition) is 5. The molecular weight excluding hydrogens is 469 g/mol. The van der Waals surface area contributed by atoms with Crippen LogP contribution in [0.4, 0.5) is 16.0 Å². The van der Waals surface area contributed by atoms with Crippen LogP contribution in [0.15, 0.2) is 82.0 Å². The summed E-state index contributed by atoms with van der Waals surface area (Å²) in [6.07, 6.45) is 0. The number of para-hydroxylation sites is 1. The van der Waals surface area contributed by atoms with Crippen molar-refractivity contribution in [3.05, 3.63) is 93.9 Å². The molecule has 0 radical (unpaired) electrons. The number of halogens is 2. The van der Waals surface area contributed by atoms with Crippen LogP contribution in [0.2, 0.25) is 5.02 Å². The SMILES string of the molecule is O=C(CN1CCN(c2ccc(F)cc2)CC1)Nc1oc2ccccc2c(=O)c1-c1ccc(Cl)cc1. The van der Waals surface area contributed by atoms with Gasteiger partial charge in [0, 0.05) is 36.9 Å². The number of amides is 1. The largest absolute Gasteiger partial charge is 0.439 e. The Hall–Kier alpha value is -3.68. The van der Waals surface area contributed by atoms with E-state index in [-0.39, 0.29) is 35.1 Å². The normalized spacial score (nSPS) is 14.3. The molecule has 1 saturated heterocycles. The molecule has 1 N–H and O–H groups in total. The summed E-state index contributed by atoms with van der Waals surface area (Å²) in [4.78, 5) is 30.5. The number of piperazine rings is 1. The van der Waals surface area contributed by atoms with E-state index in [1.165, 1.54) is 12.1 Å². The van der Waals surface area contributed by atoms with Crippen molar-refractivity contribution in [2.24, 2.45) is 0 Å². The van der Waals surface area contributed by atoms with Crippen molar-refractivity contribution in [2.75, 3.05) is 42.9 Å². The Morgan fingerprint density at radius 1 is 0.943 bits per heavy atom. The summed E-state index contributed by atoms with van der Waals surface area (Å²) in [6, 6.07) is 20.2. The maximum Gasteiger partial charge on any atom is 0.240 e. The smallest absolute Gasteiger partial charge is 0.240 e. The van der Waals surface area contributed by atoms with Gasteiger partial charge in [-0.25, -0.2) is 4.39 Å². The van der Waals surface area contributed by atoms with Gasteiger partial charge in [-0.05, 0) is 54.1 Å². The molecule has 0 spiro atoms. The van der Waals surface area contributed by atoms with Crippen LogP contribution in [0.3, 0.4) is 0 Å². The van der Waals surface area contributed by atoms with E-state index in [0.29, 0.717) is 34.6 Å². The van der Waals surface area contributed by atoms with E-state index in [0.717, 1.165) is 18.8 Å². The molecule has 1 fully saturated rings. The fourth-order valence-corrected chi connectivity index (χ4v) is 4.42. The van der Waals surface area contributed by atoms with Crippen molar-refractivity contribution in [2.45, 2.75) is 0 Å². The molecule has 1 aromatic heterocycles. The van der Waals surface area contributed by atoms with Gasteiger partial charge in [0.05, 0.1) is 17.5 Å². The molecule has 1 aliphatic rings. The van der Waals surface area contributed by atoms with Gasteiger partial charge in [0.2, 0.25) is 17.2 Å². The zero-order chi connectivity index (χ0) is 24.4. The van der Waals surface area contributed by atoms with Crippen LogP contribution < -0.4 is 15.6 Å². The predicted octanol–water partition coefficient (Wildman–Crippen LogP) is 5.01. The third-order valence-corrected chi connectivity index (χ3v) is 6.37. The highest BCUT2D eigenvalue weighted by Crippen LogP contribution is 2.29. The fourth-order valence-electron chi connectivity index (χ4n) is 4.29. The fraction of sp³-hybridized carbons (Fsp3) is 0.185. The Labute approximate surface area is 206 Å². The first kappa shape index (κ1) is 23.1. The first-order chi connectivity index (χ1) is 17.0. The van der Waals surface area contributed by atoms with E-state index < -0.39 is 0 Å². The minimum atomic E-state index is -0.270. The lowest BCUT2D eigenvalue weighted by atomic mass is 10.0. The Morgan fingerprint density at radius 3 is 2.34 bits per heavy atom. The number of benzene rings is 3. The first-order valence-corrected chi connectivity index (χ1v) is 11.7. The number of fused-ring (bicyclic) bond motifs is 1. The van der Waals surface area contributed by atoms with E-state index >= 15 is 0 Å². The van der Waals surface area contributed by atoms with Gasteiger partial charge in [-0.3, -0.25) is 19.8 Å². The van der Waals surface area contributed by atoms with E-state index in [4.69, 9.17) is 16.0 Å². The Morgan fingerprint density at radius 2 is 1.63 bits per heavy atom. The monoisotopic (exact) mass is 491 g/mol. The van der Waals surface area contributed by atoms with Crippen LogP contribution >= 0.6 is 11.6 Å². The van der Waals surface area contributed by atoms with Gasteiger partial charge in [0.25, 0.3) is 0 Å². The summed E-state index contributed by atoms with van der Waals surface area (Å²) in [5.74, 6) is -0.415. The Bertz CT molecular complexity index is 1410. The minimum absolute atomic E-state index is 0.117. The van der Waals surface area contributed by atoms with Gasteiger partial charge in [-0.1, -0.05) is 35.9 Å². The van der Waals surface area contributed by atoms with Crippen LogP contribution in [0.25, 0.3) is 22.1 Å². The van der Waals surface area contributed by atoms with Crippen LogP contribution in [-0.4, -0.2) is 43.5 Å². The van der Waals surface area contributed by atoms with Crippen molar-refractivity contribution in [1.29, 1.82) is 0 Å². The molecule has 0 aliphatic carbocycles. The van der Waals surface area contributed by atoms with E-state index in [2.05, 4.69) is 10.2 Å². The van der Waals surface area contributed by atoms with Gasteiger partial charge in [0.1, 0.15) is 11.4 Å². The molecular formula is C27H23ClFN3O3. The van der Waals surface area contributed by atoms with Crippen LogP contribution in [-0.2, 0) is 4.79 Å². The van der Waals surface area contributed by atoms with Gasteiger partial charge >= 0.3 is 0 Å². The van der Waals surface area contributed by atoms with E-state index in [9.17, 15) is 14.0 Å². The molecule has 4 aromatic rings. The van der Waals surface area contributed by atoms with Crippen LogP contribution in [0, 0.1) is 5.82 Å². The molecule has 178 valence electrons. The second kappa shape index (κ2) is 9.90. The van der Waals surface area contributed by atoms with Gasteiger partial charge in [0.15, 0.2) is 0 Å². The van der Waals surface area contributed by atoms with Crippen LogP contribution in [0.1, 0.15) is 0 Å². The van der Waals surface area contributed by atoms with Gasteiger partial charge in [-0.2, -0.15) is 0 Å². The first-order valence-electron chi connectivity index (χ1n) is 11.3. The van der Waals surface area contributed by atoms with Crippen molar-refractivity contribution >= 4 is 40.0 Å². The molecule has 0 atom stereocenters. The molecule has 35 heavy (non-hydrogen) atoms. The lowest BCUT2D eigenvalue weighted by Gasteiger charge is -2.35. The lowest BCUT2D eigenvalue weighted by Crippen LogP contribution is -2.48. The highest BCUT2D eigenvalue weighted by atomic mass is 35.5. The van der Waals surface area contributed by atoms with Crippen molar-refractivity contribution in [3.63, 3.8) is 0 Å². The average molecular weight is 492 g/mol. The standard InChI is InChI=1S/C27H23ClFN3O3/c28-19-7-5-18(6-8-19)25-26(34)22-3-1-2-4-23(22)35-27(25)30-24(33)17-31-13-15-32(16-14-31)21-11-9-20(29)10-12-21/h1-12H,13-17H2,(H,30,33). The number of hydrogen-bond donors (Lipinski definition) is 1. The second-order valence-corrected chi connectivity index (χ2v) is 8.86. The molecule has 0 saturated carbocycles. The summed E-state index contributed by atoms with van der Waals surface area (Å²) < 4.78 is 19.2. The number of carbonyl (C=O) groups is 1. The summed E-state index contributed by atoms with van der Waals surface area (Å²) in [5, 5.41) is 3.80. The second-order valence-electron chi connectivity index (χ2n) is 8.43. The zero-order valence-electron chi connectivity index (χ0n) is 18.8. The molecule has 0 bridgehead atoms. The van der Waals surface area contributed by atoms with Crippen molar-refractivity contribution in [1.82, 2.24) is 4.90 Å². The quantitative estimate of drug-likeness (QED) is 0.425. The number of carbonyl (C=O) groups excluding carboxylic acids is 1. The highest BCUT2D eigenvalue weighted by Gasteiger charge is 2.22. The van der Waals surface area contributed by atoms with E-state index in [1.54, 1.807) is 60.7 Å². The van der Waals surface area contributed by atoms with Crippen molar-refractivity contribution in [3.8, 4) is 11.1 Å². The zero-order valence-corrected chi connectivity index (χ0v) is 19.6. The lowest BCUT2D eigenvalue weighted by molar-refractivity contribution is -0.117. The van der Waals surface area contributed by atoms with E-state index in [1.807, 2.05) is 4.90 Å². The molecule has 5 rings (SSSR count). The summed E-state index contributed by atoms with van der Waals surface area (Å²) >= 11 is 6.03. The summed E-state index contributed by atoms with van der Waals surface area (Å²) in [6.45, 7) is 2.96. The number of rotatable bonds is 5. The molecule has 3 aromatic carbocycles. The van der Waals surface area contributed by atoms with Crippen molar-refractivity contribution < 1.29 is 13.6 Å². The minimum Gasteiger partial charge on any atom is -0.439 e. The number of nitrogens with zero attached hydrogens (tertiary/aromatic N) is 2. The number of anilines is 2. The number of nitrogens with one attached hydrogen (secondary N) is 1. The Kier molecular flexibility index (Phi) is 6.53. The average Bonchev–Trinajstić information content (AvgIpc) is 2.86.